The minimum atomic E-state index is -0.301. The van der Waals surface area contributed by atoms with Gasteiger partial charge in [-0.25, -0.2) is 0 Å². The molecule has 0 spiro atoms. The van der Waals surface area contributed by atoms with E-state index >= 15 is 0 Å². The quantitative estimate of drug-likeness (QED) is 0.479. The van der Waals surface area contributed by atoms with Crippen LogP contribution in [0.25, 0.3) is 0 Å². The van der Waals surface area contributed by atoms with Gasteiger partial charge in [-0.1, -0.05) is 65.7 Å². The van der Waals surface area contributed by atoms with E-state index in [0.717, 1.165) is 13.0 Å². The van der Waals surface area contributed by atoms with Crippen LogP contribution in [-0.4, -0.2) is 18.4 Å². The topological polar surface area (TPSA) is 72.2 Å². The lowest BCUT2D eigenvalue weighted by Gasteiger charge is -2.16. The molecule has 0 radical (unpaired) electrons. The lowest BCUT2D eigenvalue weighted by molar-refractivity contribution is -0.126. The lowest BCUT2D eigenvalue weighted by Crippen LogP contribution is -2.33. The SMILES string of the molecule is CCCCCCCCCCNC(=O)C(C)CC(CC)C(N)=O. The highest BCUT2D eigenvalue weighted by atomic mass is 16.2. The summed E-state index contributed by atoms with van der Waals surface area (Å²) in [6.07, 6.45) is 11.4. The summed E-state index contributed by atoms with van der Waals surface area (Å²) >= 11 is 0. The number of nitrogens with two attached hydrogens (primary N) is 1. The van der Waals surface area contributed by atoms with Crippen LogP contribution in [0.3, 0.4) is 0 Å². The summed E-state index contributed by atoms with van der Waals surface area (Å²) in [5.74, 6) is -0.594. The van der Waals surface area contributed by atoms with Crippen LogP contribution in [0.2, 0.25) is 0 Å². The standard InChI is InChI=1S/C18H36N2O2/c1-4-6-7-8-9-10-11-12-13-20-18(22)15(3)14-16(5-2)17(19)21/h15-16H,4-14H2,1-3H3,(H2,19,21)(H,20,22). The maximum absolute atomic E-state index is 12.0. The highest BCUT2D eigenvalue weighted by Gasteiger charge is 2.21. The third-order valence-corrected chi connectivity index (χ3v) is 4.31. The number of nitrogens with one attached hydrogen (secondary N) is 1. The number of carbonyl (C=O) groups excluding carboxylic acids is 2. The first kappa shape index (κ1) is 20.9. The summed E-state index contributed by atoms with van der Waals surface area (Å²) in [5.41, 5.74) is 5.32. The molecule has 0 aliphatic rings. The first-order valence-corrected chi connectivity index (χ1v) is 9.09. The van der Waals surface area contributed by atoms with Crippen LogP contribution < -0.4 is 11.1 Å². The summed E-state index contributed by atoms with van der Waals surface area (Å²) in [6, 6.07) is 0. The Bertz CT molecular complexity index is 305. The molecule has 2 amide bonds. The first-order valence-electron chi connectivity index (χ1n) is 9.09. The maximum atomic E-state index is 12.0. The molecule has 2 unspecified atom stereocenters. The first-order chi connectivity index (χ1) is 10.5. The maximum Gasteiger partial charge on any atom is 0.222 e. The van der Waals surface area contributed by atoms with E-state index in [1.54, 1.807) is 0 Å². The lowest BCUT2D eigenvalue weighted by atomic mass is 9.92. The molecule has 3 N–H and O–H groups in total. The Morgan fingerprint density at radius 3 is 2.00 bits per heavy atom. The zero-order valence-electron chi connectivity index (χ0n) is 14.8. The molecular formula is C18H36N2O2. The van der Waals surface area contributed by atoms with E-state index < -0.39 is 0 Å². The second-order valence-electron chi connectivity index (χ2n) is 6.41. The number of amides is 2. The van der Waals surface area contributed by atoms with Crippen molar-refractivity contribution in [2.75, 3.05) is 6.54 Å². The van der Waals surface area contributed by atoms with E-state index in [1.807, 2.05) is 13.8 Å². The third-order valence-electron chi connectivity index (χ3n) is 4.31. The van der Waals surface area contributed by atoms with Gasteiger partial charge >= 0.3 is 0 Å². The third kappa shape index (κ3) is 10.6. The van der Waals surface area contributed by atoms with E-state index in [0.29, 0.717) is 12.8 Å². The molecule has 0 aliphatic heterocycles. The highest BCUT2D eigenvalue weighted by Crippen LogP contribution is 2.15. The molecular weight excluding hydrogens is 276 g/mol. The predicted molar refractivity (Wildman–Crippen MR) is 92.4 cm³/mol. The van der Waals surface area contributed by atoms with Gasteiger partial charge in [-0.2, -0.15) is 0 Å². The Kier molecular flexibility index (Phi) is 12.9. The van der Waals surface area contributed by atoms with Gasteiger partial charge in [0.25, 0.3) is 0 Å². The molecule has 0 aromatic rings. The normalized spacial score (nSPS) is 13.6. The van der Waals surface area contributed by atoms with Crippen molar-refractivity contribution in [3.63, 3.8) is 0 Å². The predicted octanol–water partition coefficient (Wildman–Crippen LogP) is 3.78. The molecule has 0 aromatic carbocycles. The van der Waals surface area contributed by atoms with Gasteiger partial charge in [0.05, 0.1) is 0 Å². The van der Waals surface area contributed by atoms with E-state index in [4.69, 9.17) is 5.73 Å². The number of unbranched alkanes of at least 4 members (excludes halogenated alkanes) is 7. The molecule has 4 heteroatoms. The zero-order valence-corrected chi connectivity index (χ0v) is 14.8. The van der Waals surface area contributed by atoms with Gasteiger partial charge in [0.2, 0.25) is 11.8 Å². The van der Waals surface area contributed by atoms with Crippen LogP contribution in [0.5, 0.6) is 0 Å². The van der Waals surface area contributed by atoms with Gasteiger partial charge in [0.15, 0.2) is 0 Å². The molecule has 0 saturated heterocycles. The van der Waals surface area contributed by atoms with Crippen LogP contribution in [0.4, 0.5) is 0 Å². The van der Waals surface area contributed by atoms with Gasteiger partial charge in [0, 0.05) is 18.4 Å². The number of rotatable bonds is 14. The van der Waals surface area contributed by atoms with E-state index in [2.05, 4.69) is 12.2 Å². The monoisotopic (exact) mass is 312 g/mol. The molecule has 0 saturated carbocycles. The average molecular weight is 312 g/mol. The Balaban J connectivity index is 3.61. The largest absolute Gasteiger partial charge is 0.369 e. The second kappa shape index (κ2) is 13.6. The summed E-state index contributed by atoms with van der Waals surface area (Å²) in [7, 11) is 0. The van der Waals surface area contributed by atoms with Crippen molar-refractivity contribution in [2.45, 2.75) is 85.0 Å². The van der Waals surface area contributed by atoms with E-state index in [9.17, 15) is 9.59 Å². The summed E-state index contributed by atoms with van der Waals surface area (Å²) in [6.45, 7) is 6.77. The van der Waals surface area contributed by atoms with Crippen LogP contribution in [0.15, 0.2) is 0 Å². The van der Waals surface area contributed by atoms with Crippen LogP contribution in [0, 0.1) is 11.8 Å². The molecule has 22 heavy (non-hydrogen) atoms. The smallest absolute Gasteiger partial charge is 0.222 e. The van der Waals surface area contributed by atoms with Gasteiger partial charge in [-0.3, -0.25) is 9.59 Å². The molecule has 0 rings (SSSR count). The minimum Gasteiger partial charge on any atom is -0.369 e. The molecule has 0 fully saturated rings. The number of hydrogen-bond acceptors (Lipinski definition) is 2. The Hall–Kier alpha value is -1.06. The van der Waals surface area contributed by atoms with Crippen molar-refractivity contribution in [3.05, 3.63) is 0 Å². The molecule has 0 aliphatic carbocycles. The zero-order chi connectivity index (χ0) is 16.8. The van der Waals surface area contributed by atoms with Gasteiger partial charge in [-0.15, -0.1) is 0 Å². The van der Waals surface area contributed by atoms with Gasteiger partial charge in [0.1, 0.15) is 0 Å². The number of primary amides is 1. The summed E-state index contributed by atoms with van der Waals surface area (Å²) in [4.78, 5) is 23.2. The van der Waals surface area contributed by atoms with Crippen LogP contribution in [-0.2, 0) is 9.59 Å². The van der Waals surface area contributed by atoms with Crippen molar-refractivity contribution in [1.82, 2.24) is 5.32 Å². The molecule has 130 valence electrons. The number of carbonyl (C=O) groups is 2. The fraction of sp³-hybridized carbons (Fsp3) is 0.889. The second-order valence-corrected chi connectivity index (χ2v) is 6.41. The Morgan fingerprint density at radius 1 is 0.955 bits per heavy atom. The average Bonchev–Trinajstić information content (AvgIpc) is 2.50. The van der Waals surface area contributed by atoms with Crippen molar-refractivity contribution in [3.8, 4) is 0 Å². The molecule has 0 aromatic heterocycles. The van der Waals surface area contributed by atoms with Gasteiger partial charge in [-0.05, 0) is 19.3 Å². The highest BCUT2D eigenvalue weighted by molar-refractivity contribution is 5.80. The van der Waals surface area contributed by atoms with Crippen LogP contribution >= 0.6 is 0 Å². The fourth-order valence-corrected chi connectivity index (χ4v) is 2.66. The van der Waals surface area contributed by atoms with Crippen molar-refractivity contribution >= 4 is 11.8 Å². The minimum absolute atomic E-state index is 0.0441. The fourth-order valence-electron chi connectivity index (χ4n) is 2.66. The van der Waals surface area contributed by atoms with Crippen molar-refractivity contribution < 1.29 is 9.59 Å². The van der Waals surface area contributed by atoms with E-state index in [-0.39, 0.29) is 23.7 Å². The Labute approximate surface area is 136 Å². The van der Waals surface area contributed by atoms with E-state index in [1.165, 1.54) is 44.9 Å². The van der Waals surface area contributed by atoms with Crippen molar-refractivity contribution in [1.29, 1.82) is 0 Å². The molecule has 4 nitrogen and oxygen atoms in total. The van der Waals surface area contributed by atoms with Gasteiger partial charge < -0.3 is 11.1 Å². The molecule has 0 heterocycles. The summed E-state index contributed by atoms with van der Waals surface area (Å²) < 4.78 is 0. The van der Waals surface area contributed by atoms with Crippen molar-refractivity contribution in [2.24, 2.45) is 17.6 Å². The summed E-state index contributed by atoms with van der Waals surface area (Å²) in [5, 5.41) is 2.97. The van der Waals surface area contributed by atoms with Crippen LogP contribution in [0.1, 0.15) is 85.0 Å². The molecule has 0 bridgehead atoms. The molecule has 2 atom stereocenters. The Morgan fingerprint density at radius 2 is 1.50 bits per heavy atom. The number of hydrogen-bond donors (Lipinski definition) is 2.